The van der Waals surface area contributed by atoms with Crippen LogP contribution in [0.1, 0.15) is 23.7 Å². The number of ketones is 1. The summed E-state index contributed by atoms with van der Waals surface area (Å²) >= 11 is 3.14. The van der Waals surface area contributed by atoms with Crippen molar-refractivity contribution in [3.05, 3.63) is 58.3 Å². The van der Waals surface area contributed by atoms with E-state index in [9.17, 15) is 14.0 Å². The molecule has 120 valence electrons. The van der Waals surface area contributed by atoms with Crippen molar-refractivity contribution in [3.63, 3.8) is 0 Å². The predicted molar refractivity (Wildman–Crippen MR) is 89.3 cm³/mol. The molecule has 0 spiro atoms. The van der Waals surface area contributed by atoms with Gasteiger partial charge in [0.1, 0.15) is 11.6 Å². The maximum Gasteiger partial charge on any atom is 0.262 e. The molecule has 4 nitrogen and oxygen atoms in total. The number of nitrogens with one attached hydrogen (secondary N) is 1. The van der Waals surface area contributed by atoms with Gasteiger partial charge in [0.05, 0.1) is 5.69 Å². The molecule has 0 fully saturated rings. The predicted octanol–water partition coefficient (Wildman–Crippen LogP) is 4.20. The lowest BCUT2D eigenvalue weighted by molar-refractivity contribution is -0.118. The Morgan fingerprint density at radius 2 is 1.87 bits per heavy atom. The number of Topliss-reactive ketones (excluding diaryl/α,β-unsaturated/α-hetero) is 1. The Hall–Kier alpha value is -2.21. The van der Waals surface area contributed by atoms with Crippen molar-refractivity contribution in [1.82, 2.24) is 0 Å². The van der Waals surface area contributed by atoms with Crippen molar-refractivity contribution in [2.45, 2.75) is 13.3 Å². The highest BCUT2D eigenvalue weighted by Gasteiger charge is 2.09. The van der Waals surface area contributed by atoms with Crippen molar-refractivity contribution >= 4 is 33.3 Å². The highest BCUT2D eigenvalue weighted by Crippen LogP contribution is 2.19. The van der Waals surface area contributed by atoms with E-state index in [0.29, 0.717) is 22.2 Å². The molecule has 2 aromatic rings. The van der Waals surface area contributed by atoms with Crippen molar-refractivity contribution in [2.75, 3.05) is 11.9 Å². The van der Waals surface area contributed by atoms with Crippen LogP contribution in [0.15, 0.2) is 46.9 Å². The van der Waals surface area contributed by atoms with Crippen LogP contribution in [0.5, 0.6) is 5.75 Å². The van der Waals surface area contributed by atoms with Crippen LogP contribution < -0.4 is 10.1 Å². The van der Waals surface area contributed by atoms with Gasteiger partial charge in [0.2, 0.25) is 0 Å². The SMILES string of the molecule is CCC(=O)c1ccc(OCC(=O)Nc2ccc(Br)cc2F)cc1. The quantitative estimate of drug-likeness (QED) is 0.765. The van der Waals surface area contributed by atoms with Crippen molar-refractivity contribution in [1.29, 1.82) is 0 Å². The Labute approximate surface area is 141 Å². The first-order valence-corrected chi connectivity index (χ1v) is 7.80. The molecule has 0 saturated heterocycles. The normalized spacial score (nSPS) is 10.2. The number of carbonyl (C=O) groups is 2. The fraction of sp³-hybridized carbons (Fsp3) is 0.176. The zero-order valence-corrected chi connectivity index (χ0v) is 14.0. The molecule has 0 radical (unpaired) electrons. The van der Waals surface area contributed by atoms with Crippen LogP contribution in [0.3, 0.4) is 0 Å². The molecule has 1 amide bonds. The fourth-order valence-corrected chi connectivity index (χ4v) is 2.20. The second-order valence-corrected chi connectivity index (χ2v) is 5.68. The molecule has 1 N–H and O–H groups in total. The van der Waals surface area contributed by atoms with Gasteiger partial charge in [-0.05, 0) is 42.5 Å². The van der Waals surface area contributed by atoms with Gasteiger partial charge in [0.25, 0.3) is 5.91 Å². The Balaban J connectivity index is 1.90. The monoisotopic (exact) mass is 379 g/mol. The molecule has 6 heteroatoms. The number of carbonyl (C=O) groups excluding carboxylic acids is 2. The summed E-state index contributed by atoms with van der Waals surface area (Å²) in [5, 5.41) is 2.43. The second kappa shape index (κ2) is 7.87. The minimum atomic E-state index is -0.532. The number of hydrogen-bond donors (Lipinski definition) is 1. The molecule has 0 heterocycles. The molecular weight excluding hydrogens is 365 g/mol. The minimum absolute atomic E-state index is 0.0417. The Kier molecular flexibility index (Phi) is 5.87. The van der Waals surface area contributed by atoms with Gasteiger partial charge in [0.15, 0.2) is 12.4 Å². The molecule has 2 rings (SSSR count). The third-order valence-electron chi connectivity index (χ3n) is 3.07. The summed E-state index contributed by atoms with van der Waals surface area (Å²) in [4.78, 5) is 23.3. The number of benzene rings is 2. The first-order chi connectivity index (χ1) is 11.0. The van der Waals surface area contributed by atoms with Crippen LogP contribution in [0.4, 0.5) is 10.1 Å². The van der Waals surface area contributed by atoms with Crippen LogP contribution >= 0.6 is 15.9 Å². The summed E-state index contributed by atoms with van der Waals surface area (Å²) in [6, 6.07) is 10.9. The number of ether oxygens (including phenoxy) is 1. The number of anilines is 1. The largest absolute Gasteiger partial charge is 0.484 e. The number of rotatable bonds is 6. The number of amides is 1. The summed E-state index contributed by atoms with van der Waals surface area (Å²) in [6.45, 7) is 1.54. The highest BCUT2D eigenvalue weighted by molar-refractivity contribution is 9.10. The highest BCUT2D eigenvalue weighted by atomic mass is 79.9. The molecular formula is C17H15BrFNO3. The van der Waals surface area contributed by atoms with Gasteiger partial charge in [-0.1, -0.05) is 22.9 Å². The molecule has 0 saturated carbocycles. The zero-order valence-electron chi connectivity index (χ0n) is 12.4. The molecule has 0 aliphatic heterocycles. The maximum absolute atomic E-state index is 13.6. The average molecular weight is 380 g/mol. The number of halogens is 2. The van der Waals surface area contributed by atoms with E-state index in [1.165, 1.54) is 12.1 Å². The van der Waals surface area contributed by atoms with Gasteiger partial charge in [-0.3, -0.25) is 9.59 Å². The van der Waals surface area contributed by atoms with Crippen molar-refractivity contribution < 1.29 is 18.7 Å². The molecule has 0 unspecified atom stereocenters. The van der Waals surface area contributed by atoms with Gasteiger partial charge in [-0.2, -0.15) is 0 Å². The topological polar surface area (TPSA) is 55.4 Å². The molecule has 0 bridgehead atoms. The zero-order chi connectivity index (χ0) is 16.8. The molecule has 0 aliphatic carbocycles. The van der Waals surface area contributed by atoms with E-state index in [-0.39, 0.29) is 18.1 Å². The van der Waals surface area contributed by atoms with E-state index in [1.807, 2.05) is 0 Å². The van der Waals surface area contributed by atoms with E-state index in [2.05, 4.69) is 21.2 Å². The lowest BCUT2D eigenvalue weighted by atomic mass is 10.1. The molecule has 0 aromatic heterocycles. The lowest BCUT2D eigenvalue weighted by Gasteiger charge is -2.09. The summed E-state index contributed by atoms with van der Waals surface area (Å²) < 4.78 is 19.5. The standard InChI is InChI=1S/C17H15BrFNO3/c1-2-16(21)11-3-6-13(7-4-11)23-10-17(22)20-15-8-5-12(18)9-14(15)19/h3-9H,2,10H2,1H3,(H,20,22). The summed E-state index contributed by atoms with van der Waals surface area (Å²) in [5.41, 5.74) is 0.687. The molecule has 0 aliphatic rings. The first kappa shape index (κ1) is 17.1. The average Bonchev–Trinajstić information content (AvgIpc) is 2.55. The van der Waals surface area contributed by atoms with Crippen molar-refractivity contribution in [2.24, 2.45) is 0 Å². The van der Waals surface area contributed by atoms with E-state index < -0.39 is 11.7 Å². The second-order valence-electron chi connectivity index (χ2n) is 4.76. The summed E-state index contributed by atoms with van der Waals surface area (Å²) in [5.74, 6) is -0.501. The minimum Gasteiger partial charge on any atom is -0.484 e. The fourth-order valence-electron chi connectivity index (χ4n) is 1.87. The van der Waals surface area contributed by atoms with E-state index >= 15 is 0 Å². The number of hydrogen-bond acceptors (Lipinski definition) is 3. The first-order valence-electron chi connectivity index (χ1n) is 7.00. The van der Waals surface area contributed by atoms with E-state index in [4.69, 9.17) is 4.74 Å². The Morgan fingerprint density at radius 1 is 1.17 bits per heavy atom. The lowest BCUT2D eigenvalue weighted by Crippen LogP contribution is -2.20. The van der Waals surface area contributed by atoms with Gasteiger partial charge in [-0.25, -0.2) is 4.39 Å². The molecule has 2 aromatic carbocycles. The maximum atomic E-state index is 13.6. The summed E-state index contributed by atoms with van der Waals surface area (Å²) in [6.07, 6.45) is 0.432. The smallest absolute Gasteiger partial charge is 0.262 e. The van der Waals surface area contributed by atoms with Crippen molar-refractivity contribution in [3.8, 4) is 5.75 Å². The van der Waals surface area contributed by atoms with E-state index in [0.717, 1.165) is 0 Å². The Bertz CT molecular complexity index is 716. The van der Waals surface area contributed by atoms with Gasteiger partial charge < -0.3 is 10.1 Å². The summed E-state index contributed by atoms with van der Waals surface area (Å²) in [7, 11) is 0. The third kappa shape index (κ3) is 4.89. The van der Waals surface area contributed by atoms with Crippen LogP contribution in [0.2, 0.25) is 0 Å². The van der Waals surface area contributed by atoms with Crippen LogP contribution in [-0.4, -0.2) is 18.3 Å². The van der Waals surface area contributed by atoms with Gasteiger partial charge in [-0.15, -0.1) is 0 Å². The molecule has 0 atom stereocenters. The van der Waals surface area contributed by atoms with Crippen LogP contribution in [-0.2, 0) is 4.79 Å². The van der Waals surface area contributed by atoms with Crippen LogP contribution in [0, 0.1) is 5.82 Å². The van der Waals surface area contributed by atoms with Gasteiger partial charge >= 0.3 is 0 Å². The third-order valence-corrected chi connectivity index (χ3v) is 3.57. The van der Waals surface area contributed by atoms with E-state index in [1.54, 1.807) is 37.3 Å². The molecule has 23 heavy (non-hydrogen) atoms. The Morgan fingerprint density at radius 3 is 2.48 bits per heavy atom. The van der Waals surface area contributed by atoms with Crippen LogP contribution in [0.25, 0.3) is 0 Å². The van der Waals surface area contributed by atoms with Gasteiger partial charge in [0, 0.05) is 16.5 Å².